The Balaban J connectivity index is 0.00000288. The zero-order chi connectivity index (χ0) is 16.7. The van der Waals surface area contributed by atoms with E-state index in [0.29, 0.717) is 6.54 Å². The van der Waals surface area contributed by atoms with Crippen LogP contribution in [0.4, 0.5) is 4.39 Å². The molecule has 24 heavy (non-hydrogen) atoms. The normalized spacial score (nSPS) is 11.1. The molecular weight excluding hydrogens is 462 g/mol. The van der Waals surface area contributed by atoms with Gasteiger partial charge in [0.2, 0.25) is 0 Å². The van der Waals surface area contributed by atoms with E-state index in [0.717, 1.165) is 41.7 Å². The third kappa shape index (κ3) is 6.90. The molecule has 4 nitrogen and oxygen atoms in total. The minimum absolute atomic E-state index is 0. The van der Waals surface area contributed by atoms with Crippen LogP contribution in [0, 0.1) is 12.7 Å². The molecule has 0 saturated carbocycles. The van der Waals surface area contributed by atoms with E-state index >= 15 is 0 Å². The smallest absolute Gasteiger partial charge is 0.191 e. The molecule has 8 heteroatoms. The lowest BCUT2D eigenvalue weighted by molar-refractivity contribution is 0.627. The van der Waals surface area contributed by atoms with Crippen LogP contribution in [0.2, 0.25) is 5.02 Å². The summed E-state index contributed by atoms with van der Waals surface area (Å²) in [5.41, 5.74) is 1.95. The summed E-state index contributed by atoms with van der Waals surface area (Å²) in [6.45, 7) is 5.97. The molecule has 0 aliphatic heterocycles. The summed E-state index contributed by atoms with van der Waals surface area (Å²) in [6.07, 6.45) is 0.844. The largest absolute Gasteiger partial charge is 0.357 e. The lowest BCUT2D eigenvalue weighted by Crippen LogP contribution is -2.38. The number of halogens is 3. The lowest BCUT2D eigenvalue weighted by atomic mass is 10.2. The van der Waals surface area contributed by atoms with Crippen LogP contribution in [0.15, 0.2) is 28.6 Å². The Kier molecular flexibility index (Phi) is 9.53. The number of guanidine groups is 1. The topological polar surface area (TPSA) is 49.3 Å². The average molecular weight is 483 g/mol. The van der Waals surface area contributed by atoms with Crippen molar-refractivity contribution in [2.75, 3.05) is 13.1 Å². The minimum atomic E-state index is -0.414. The number of thiazole rings is 1. The van der Waals surface area contributed by atoms with Crippen molar-refractivity contribution in [3.63, 3.8) is 0 Å². The molecule has 2 rings (SSSR count). The van der Waals surface area contributed by atoms with E-state index in [1.807, 2.05) is 13.8 Å². The molecule has 2 aromatic rings. The standard InChI is InChI=1S/C16H20ClFN4S.HI/c1-3-19-16(20-7-6-13-10-23-11(2)22-13)21-9-12-4-5-15(18)14(17)8-12;/h4-5,8,10H,3,6-7,9H2,1-2H3,(H2,19,20,21);1H. The van der Waals surface area contributed by atoms with Gasteiger partial charge in [0, 0.05) is 24.9 Å². The van der Waals surface area contributed by atoms with Crippen LogP contribution in [0.1, 0.15) is 23.2 Å². The first-order valence-corrected chi connectivity index (χ1v) is 8.71. The third-order valence-electron chi connectivity index (χ3n) is 3.09. The fourth-order valence-electron chi connectivity index (χ4n) is 1.98. The maximum Gasteiger partial charge on any atom is 0.191 e. The molecule has 0 aliphatic carbocycles. The van der Waals surface area contributed by atoms with E-state index in [1.165, 1.54) is 6.07 Å². The molecule has 0 atom stereocenters. The summed E-state index contributed by atoms with van der Waals surface area (Å²) in [7, 11) is 0. The predicted octanol–water partition coefficient (Wildman–Crippen LogP) is 4.16. The summed E-state index contributed by atoms with van der Waals surface area (Å²) in [6, 6.07) is 4.65. The Labute approximate surface area is 168 Å². The molecule has 0 radical (unpaired) electrons. The zero-order valence-electron chi connectivity index (χ0n) is 13.6. The van der Waals surface area contributed by atoms with Crippen molar-refractivity contribution in [1.29, 1.82) is 0 Å². The first-order chi connectivity index (χ1) is 11.1. The van der Waals surface area contributed by atoms with Gasteiger partial charge in [-0.15, -0.1) is 35.3 Å². The number of hydrogen-bond acceptors (Lipinski definition) is 3. The Bertz CT molecular complexity index is 678. The highest BCUT2D eigenvalue weighted by atomic mass is 127. The van der Waals surface area contributed by atoms with E-state index < -0.39 is 5.82 Å². The fraction of sp³-hybridized carbons (Fsp3) is 0.375. The van der Waals surface area contributed by atoms with Gasteiger partial charge in [0.05, 0.1) is 22.3 Å². The van der Waals surface area contributed by atoms with Crippen LogP contribution >= 0.6 is 46.9 Å². The first kappa shape index (κ1) is 21.1. The predicted molar refractivity (Wildman–Crippen MR) is 110 cm³/mol. The van der Waals surface area contributed by atoms with Crippen LogP contribution in [-0.4, -0.2) is 24.0 Å². The molecular formula is C16H21ClFIN4S. The summed E-state index contributed by atoms with van der Waals surface area (Å²) < 4.78 is 13.2. The summed E-state index contributed by atoms with van der Waals surface area (Å²) in [5, 5.41) is 9.72. The van der Waals surface area contributed by atoms with Crippen molar-refractivity contribution in [3.05, 3.63) is 50.7 Å². The van der Waals surface area contributed by atoms with Crippen molar-refractivity contribution in [2.24, 2.45) is 4.99 Å². The highest BCUT2D eigenvalue weighted by Gasteiger charge is 2.03. The number of aryl methyl sites for hydroxylation is 1. The Morgan fingerprint density at radius 2 is 2.17 bits per heavy atom. The summed E-state index contributed by atoms with van der Waals surface area (Å²) in [4.78, 5) is 8.92. The number of nitrogens with one attached hydrogen (secondary N) is 2. The third-order valence-corrected chi connectivity index (χ3v) is 4.20. The summed E-state index contributed by atoms with van der Waals surface area (Å²) >= 11 is 7.44. The second kappa shape index (κ2) is 10.8. The highest BCUT2D eigenvalue weighted by Crippen LogP contribution is 2.16. The number of aliphatic imine (C=N–C) groups is 1. The molecule has 0 bridgehead atoms. The number of rotatable bonds is 6. The van der Waals surface area contributed by atoms with Gasteiger partial charge in [-0.1, -0.05) is 17.7 Å². The molecule has 0 aliphatic rings. The fourth-order valence-corrected chi connectivity index (χ4v) is 2.83. The van der Waals surface area contributed by atoms with Gasteiger partial charge in [-0.2, -0.15) is 0 Å². The van der Waals surface area contributed by atoms with E-state index in [1.54, 1.807) is 23.5 Å². The Morgan fingerprint density at radius 1 is 1.38 bits per heavy atom. The molecule has 0 spiro atoms. The van der Waals surface area contributed by atoms with Crippen molar-refractivity contribution in [1.82, 2.24) is 15.6 Å². The second-order valence-electron chi connectivity index (χ2n) is 4.98. The van der Waals surface area contributed by atoms with Crippen molar-refractivity contribution in [2.45, 2.75) is 26.8 Å². The van der Waals surface area contributed by atoms with Crippen molar-refractivity contribution < 1.29 is 4.39 Å². The second-order valence-corrected chi connectivity index (χ2v) is 6.45. The molecule has 132 valence electrons. The number of aromatic nitrogens is 1. The van der Waals surface area contributed by atoms with Crippen LogP contribution in [0.25, 0.3) is 0 Å². The molecule has 0 fully saturated rings. The number of benzene rings is 1. The maximum absolute atomic E-state index is 13.2. The van der Waals surface area contributed by atoms with Crippen molar-refractivity contribution >= 4 is 52.9 Å². The van der Waals surface area contributed by atoms with Gasteiger partial charge in [0.25, 0.3) is 0 Å². The van der Waals surface area contributed by atoms with Crippen LogP contribution < -0.4 is 10.6 Å². The molecule has 2 N–H and O–H groups in total. The van der Waals surface area contributed by atoms with Gasteiger partial charge in [-0.25, -0.2) is 14.4 Å². The van der Waals surface area contributed by atoms with Crippen LogP contribution in [-0.2, 0) is 13.0 Å². The molecule has 1 heterocycles. The van der Waals surface area contributed by atoms with E-state index in [4.69, 9.17) is 11.6 Å². The van der Waals surface area contributed by atoms with Crippen LogP contribution in [0.5, 0.6) is 0 Å². The van der Waals surface area contributed by atoms with Gasteiger partial charge < -0.3 is 10.6 Å². The molecule has 0 amide bonds. The van der Waals surface area contributed by atoms with Gasteiger partial charge in [-0.05, 0) is 31.5 Å². The van der Waals surface area contributed by atoms with Gasteiger partial charge in [0.15, 0.2) is 5.96 Å². The van der Waals surface area contributed by atoms with E-state index in [9.17, 15) is 4.39 Å². The SMILES string of the molecule is CCNC(=NCc1ccc(F)c(Cl)c1)NCCc1csc(C)n1.I. The van der Waals surface area contributed by atoms with Gasteiger partial charge in [0.1, 0.15) is 5.82 Å². The lowest BCUT2D eigenvalue weighted by Gasteiger charge is -2.10. The molecule has 1 aromatic heterocycles. The van der Waals surface area contributed by atoms with Crippen molar-refractivity contribution in [3.8, 4) is 0 Å². The van der Waals surface area contributed by atoms with E-state index in [2.05, 4.69) is 26.0 Å². The summed E-state index contributed by atoms with van der Waals surface area (Å²) in [5.74, 6) is 0.308. The highest BCUT2D eigenvalue weighted by molar-refractivity contribution is 14.0. The quantitative estimate of drug-likeness (QED) is 0.369. The molecule has 1 aromatic carbocycles. The monoisotopic (exact) mass is 482 g/mol. The van der Waals surface area contributed by atoms with Gasteiger partial charge >= 0.3 is 0 Å². The Morgan fingerprint density at radius 3 is 2.79 bits per heavy atom. The van der Waals surface area contributed by atoms with Crippen LogP contribution in [0.3, 0.4) is 0 Å². The number of hydrogen-bond donors (Lipinski definition) is 2. The number of nitrogens with zero attached hydrogens (tertiary/aromatic N) is 2. The molecule has 0 saturated heterocycles. The maximum atomic E-state index is 13.2. The first-order valence-electron chi connectivity index (χ1n) is 7.45. The average Bonchev–Trinajstić information content (AvgIpc) is 2.93. The zero-order valence-corrected chi connectivity index (χ0v) is 17.5. The Hall–Kier alpha value is -0.930. The van der Waals surface area contributed by atoms with E-state index in [-0.39, 0.29) is 29.0 Å². The minimum Gasteiger partial charge on any atom is -0.357 e. The molecule has 0 unspecified atom stereocenters. The van der Waals surface area contributed by atoms with Gasteiger partial charge in [-0.3, -0.25) is 0 Å².